The average molecular weight is 301 g/mol. The largest absolute Gasteiger partial charge is 0.329 e. The van der Waals surface area contributed by atoms with Gasteiger partial charge in [-0.25, -0.2) is 0 Å². The summed E-state index contributed by atoms with van der Waals surface area (Å²) in [5.74, 6) is 0. The van der Waals surface area contributed by atoms with E-state index in [9.17, 15) is 0 Å². The first-order valence-electron chi connectivity index (χ1n) is 8.20. The molecule has 0 aliphatic carbocycles. The number of hydrogen-bond donors (Lipinski definition) is 1. The Kier molecular flexibility index (Phi) is 4.89. The van der Waals surface area contributed by atoms with Crippen molar-refractivity contribution in [2.45, 2.75) is 18.3 Å². The molecule has 0 heterocycles. The molecular formula is C22H23N. The molecule has 2 N–H and O–H groups in total. The first-order chi connectivity index (χ1) is 11.3. The molecule has 0 bridgehead atoms. The predicted molar refractivity (Wildman–Crippen MR) is 97.5 cm³/mol. The van der Waals surface area contributed by atoms with E-state index in [0.717, 1.165) is 12.8 Å². The molecule has 0 unspecified atom stereocenters. The molecular weight excluding hydrogens is 278 g/mol. The van der Waals surface area contributed by atoms with Gasteiger partial charge in [-0.15, -0.1) is 0 Å². The number of rotatable bonds is 6. The Morgan fingerprint density at radius 2 is 1.04 bits per heavy atom. The molecule has 0 aromatic heterocycles. The van der Waals surface area contributed by atoms with E-state index in [1.807, 2.05) is 0 Å². The minimum absolute atomic E-state index is 0.141. The van der Waals surface area contributed by atoms with E-state index < -0.39 is 0 Å². The standard InChI is InChI=1S/C22H23N/c23-18-22(20-12-6-2-7-13-20,21-14-8-3-9-15-21)17-16-19-10-4-1-5-11-19/h1-15H,16-18,23H2. The summed E-state index contributed by atoms with van der Waals surface area (Å²) >= 11 is 0. The van der Waals surface area contributed by atoms with E-state index in [2.05, 4.69) is 91.0 Å². The van der Waals surface area contributed by atoms with Crippen LogP contribution in [0.5, 0.6) is 0 Å². The van der Waals surface area contributed by atoms with Crippen LogP contribution < -0.4 is 5.73 Å². The number of aryl methyl sites for hydroxylation is 1. The van der Waals surface area contributed by atoms with Gasteiger partial charge < -0.3 is 5.73 Å². The zero-order valence-corrected chi connectivity index (χ0v) is 13.4. The van der Waals surface area contributed by atoms with Crippen molar-refractivity contribution in [3.63, 3.8) is 0 Å². The molecule has 0 saturated heterocycles. The Morgan fingerprint density at radius 3 is 1.48 bits per heavy atom. The van der Waals surface area contributed by atoms with Gasteiger partial charge in [-0.2, -0.15) is 0 Å². The smallest absolute Gasteiger partial charge is 0.0328 e. The Balaban J connectivity index is 1.99. The van der Waals surface area contributed by atoms with Gasteiger partial charge in [0.2, 0.25) is 0 Å². The normalized spacial score (nSPS) is 11.3. The first kappa shape index (κ1) is 15.5. The second kappa shape index (κ2) is 7.26. The van der Waals surface area contributed by atoms with Gasteiger partial charge in [0.1, 0.15) is 0 Å². The highest BCUT2D eigenvalue weighted by molar-refractivity contribution is 5.40. The van der Waals surface area contributed by atoms with Crippen molar-refractivity contribution in [2.24, 2.45) is 5.73 Å². The summed E-state index contributed by atoms with van der Waals surface area (Å²) in [6, 6.07) is 32.0. The summed E-state index contributed by atoms with van der Waals surface area (Å²) in [6.07, 6.45) is 2.02. The zero-order valence-electron chi connectivity index (χ0n) is 13.4. The predicted octanol–water partition coefficient (Wildman–Crippen LogP) is 4.56. The van der Waals surface area contributed by atoms with Gasteiger partial charge in [0.05, 0.1) is 0 Å². The number of hydrogen-bond acceptors (Lipinski definition) is 1. The molecule has 116 valence electrons. The van der Waals surface area contributed by atoms with Crippen molar-refractivity contribution >= 4 is 0 Å². The lowest BCUT2D eigenvalue weighted by Gasteiger charge is -2.34. The van der Waals surface area contributed by atoms with Gasteiger partial charge in [0, 0.05) is 12.0 Å². The van der Waals surface area contributed by atoms with E-state index in [0.29, 0.717) is 6.54 Å². The van der Waals surface area contributed by atoms with E-state index in [-0.39, 0.29) is 5.41 Å². The molecule has 3 aromatic carbocycles. The van der Waals surface area contributed by atoms with E-state index in [1.165, 1.54) is 16.7 Å². The minimum Gasteiger partial charge on any atom is -0.329 e. The van der Waals surface area contributed by atoms with Gasteiger partial charge >= 0.3 is 0 Å². The second-order valence-corrected chi connectivity index (χ2v) is 6.00. The molecule has 0 radical (unpaired) electrons. The van der Waals surface area contributed by atoms with Crippen LogP contribution in [-0.2, 0) is 11.8 Å². The van der Waals surface area contributed by atoms with E-state index in [4.69, 9.17) is 5.73 Å². The maximum Gasteiger partial charge on any atom is 0.0328 e. The molecule has 1 heteroatoms. The average Bonchev–Trinajstić information content (AvgIpc) is 2.65. The summed E-state index contributed by atoms with van der Waals surface area (Å²) in [5, 5.41) is 0. The van der Waals surface area contributed by atoms with Gasteiger partial charge in [0.25, 0.3) is 0 Å². The lowest BCUT2D eigenvalue weighted by Crippen LogP contribution is -2.37. The van der Waals surface area contributed by atoms with E-state index in [1.54, 1.807) is 0 Å². The van der Waals surface area contributed by atoms with Crippen molar-refractivity contribution in [1.82, 2.24) is 0 Å². The summed E-state index contributed by atoms with van der Waals surface area (Å²) in [7, 11) is 0. The zero-order chi connectivity index (χ0) is 16.0. The molecule has 0 amide bonds. The van der Waals surface area contributed by atoms with Crippen LogP contribution in [0.4, 0.5) is 0 Å². The van der Waals surface area contributed by atoms with Crippen molar-refractivity contribution in [2.75, 3.05) is 6.54 Å². The van der Waals surface area contributed by atoms with Crippen LogP contribution in [0.25, 0.3) is 0 Å². The van der Waals surface area contributed by atoms with Crippen molar-refractivity contribution in [1.29, 1.82) is 0 Å². The fraction of sp³-hybridized carbons (Fsp3) is 0.182. The molecule has 3 aromatic rings. The number of nitrogens with two attached hydrogens (primary N) is 1. The molecule has 0 saturated carbocycles. The molecule has 0 atom stereocenters. The maximum absolute atomic E-state index is 6.34. The Hall–Kier alpha value is -2.38. The van der Waals surface area contributed by atoms with Crippen LogP contribution in [0.2, 0.25) is 0 Å². The molecule has 23 heavy (non-hydrogen) atoms. The SMILES string of the molecule is NCC(CCc1ccccc1)(c1ccccc1)c1ccccc1. The van der Waals surface area contributed by atoms with Crippen LogP contribution >= 0.6 is 0 Å². The van der Waals surface area contributed by atoms with Crippen LogP contribution in [0.3, 0.4) is 0 Å². The molecule has 0 spiro atoms. The highest BCUT2D eigenvalue weighted by Gasteiger charge is 2.32. The Morgan fingerprint density at radius 1 is 0.609 bits per heavy atom. The van der Waals surface area contributed by atoms with Crippen LogP contribution in [0, 0.1) is 0 Å². The topological polar surface area (TPSA) is 26.0 Å². The van der Waals surface area contributed by atoms with Crippen LogP contribution in [0.15, 0.2) is 91.0 Å². The minimum atomic E-state index is -0.141. The molecule has 3 rings (SSSR count). The summed E-state index contributed by atoms with van der Waals surface area (Å²) in [5.41, 5.74) is 10.1. The second-order valence-electron chi connectivity index (χ2n) is 6.00. The van der Waals surface area contributed by atoms with Crippen LogP contribution in [0.1, 0.15) is 23.1 Å². The van der Waals surface area contributed by atoms with Gasteiger partial charge in [-0.1, -0.05) is 91.0 Å². The molecule has 1 nitrogen and oxygen atoms in total. The fourth-order valence-electron chi connectivity index (χ4n) is 3.31. The van der Waals surface area contributed by atoms with Gasteiger partial charge in [-0.3, -0.25) is 0 Å². The highest BCUT2D eigenvalue weighted by atomic mass is 14.6. The third kappa shape index (κ3) is 3.35. The molecule has 0 fully saturated rings. The van der Waals surface area contributed by atoms with Crippen LogP contribution in [-0.4, -0.2) is 6.54 Å². The summed E-state index contributed by atoms with van der Waals surface area (Å²) < 4.78 is 0. The Bertz CT molecular complexity index is 665. The number of benzene rings is 3. The monoisotopic (exact) mass is 301 g/mol. The summed E-state index contributed by atoms with van der Waals surface area (Å²) in [6.45, 7) is 0.605. The highest BCUT2D eigenvalue weighted by Crippen LogP contribution is 2.35. The lowest BCUT2D eigenvalue weighted by molar-refractivity contribution is 0.483. The summed E-state index contributed by atoms with van der Waals surface area (Å²) in [4.78, 5) is 0. The molecule has 0 aliphatic rings. The van der Waals surface area contributed by atoms with E-state index >= 15 is 0 Å². The van der Waals surface area contributed by atoms with Gasteiger partial charge in [-0.05, 0) is 29.5 Å². The van der Waals surface area contributed by atoms with Gasteiger partial charge in [0.15, 0.2) is 0 Å². The lowest BCUT2D eigenvalue weighted by atomic mass is 9.71. The Labute approximate surface area is 138 Å². The third-order valence-corrected chi connectivity index (χ3v) is 4.68. The quantitative estimate of drug-likeness (QED) is 0.709. The van der Waals surface area contributed by atoms with Crippen molar-refractivity contribution in [3.05, 3.63) is 108 Å². The van der Waals surface area contributed by atoms with Crippen molar-refractivity contribution in [3.8, 4) is 0 Å². The molecule has 0 aliphatic heterocycles. The maximum atomic E-state index is 6.34. The first-order valence-corrected chi connectivity index (χ1v) is 8.20. The van der Waals surface area contributed by atoms with Crippen molar-refractivity contribution < 1.29 is 0 Å². The third-order valence-electron chi connectivity index (χ3n) is 4.68. The fourth-order valence-corrected chi connectivity index (χ4v) is 3.31.